The molecule has 128 valence electrons. The van der Waals surface area contributed by atoms with Gasteiger partial charge in [-0.2, -0.15) is 4.98 Å². The van der Waals surface area contributed by atoms with E-state index in [1.54, 1.807) is 31.5 Å². The lowest BCUT2D eigenvalue weighted by atomic mass is 10.1. The number of hydrogen-bond acceptors (Lipinski definition) is 5. The van der Waals surface area contributed by atoms with Crippen molar-refractivity contribution in [3.63, 3.8) is 0 Å². The fraction of sp³-hybridized carbons (Fsp3) is 0.158. The van der Waals surface area contributed by atoms with Crippen molar-refractivity contribution in [3.05, 3.63) is 72.2 Å². The van der Waals surface area contributed by atoms with E-state index in [9.17, 15) is 4.39 Å². The summed E-state index contributed by atoms with van der Waals surface area (Å²) in [5, 5.41) is 6.32. The fourth-order valence-electron chi connectivity index (χ4n) is 2.37. The zero-order valence-electron chi connectivity index (χ0n) is 13.9. The average Bonchev–Trinajstić information content (AvgIpc) is 2.64. The zero-order chi connectivity index (χ0) is 17.5. The van der Waals surface area contributed by atoms with Crippen molar-refractivity contribution in [2.24, 2.45) is 0 Å². The summed E-state index contributed by atoms with van der Waals surface area (Å²) in [6.07, 6.45) is 2.25. The van der Waals surface area contributed by atoms with Gasteiger partial charge in [0.25, 0.3) is 0 Å². The van der Waals surface area contributed by atoms with Crippen LogP contribution >= 0.6 is 0 Å². The maximum absolute atomic E-state index is 13.6. The number of hydrogen-bond donors (Lipinski definition) is 2. The van der Waals surface area contributed by atoms with E-state index < -0.39 is 0 Å². The number of ether oxygens (including phenoxy) is 1. The third-order valence-electron chi connectivity index (χ3n) is 3.64. The Kier molecular flexibility index (Phi) is 5.41. The Hall–Kier alpha value is -3.15. The summed E-state index contributed by atoms with van der Waals surface area (Å²) < 4.78 is 18.8. The molecular weight excluding hydrogens is 319 g/mol. The molecule has 1 heterocycles. The van der Waals surface area contributed by atoms with Crippen LogP contribution in [-0.4, -0.2) is 23.6 Å². The predicted molar refractivity (Wildman–Crippen MR) is 96.9 cm³/mol. The van der Waals surface area contributed by atoms with Crippen LogP contribution in [0.3, 0.4) is 0 Å². The number of rotatable bonds is 7. The van der Waals surface area contributed by atoms with Gasteiger partial charge in [0, 0.05) is 24.5 Å². The second-order valence-corrected chi connectivity index (χ2v) is 5.39. The average molecular weight is 338 g/mol. The minimum Gasteiger partial charge on any atom is -0.497 e. The number of anilines is 3. The van der Waals surface area contributed by atoms with Gasteiger partial charge in [0.15, 0.2) is 0 Å². The highest BCUT2D eigenvalue weighted by atomic mass is 19.1. The van der Waals surface area contributed by atoms with Crippen molar-refractivity contribution in [2.45, 2.75) is 6.42 Å². The Morgan fingerprint density at radius 1 is 1.08 bits per heavy atom. The molecule has 0 spiro atoms. The molecule has 0 atom stereocenters. The van der Waals surface area contributed by atoms with Gasteiger partial charge in [0.05, 0.1) is 7.11 Å². The van der Waals surface area contributed by atoms with Crippen molar-refractivity contribution < 1.29 is 9.13 Å². The van der Waals surface area contributed by atoms with Gasteiger partial charge in [-0.05, 0) is 36.2 Å². The Bertz CT molecular complexity index is 841. The van der Waals surface area contributed by atoms with Gasteiger partial charge in [-0.3, -0.25) is 0 Å². The normalized spacial score (nSPS) is 10.3. The summed E-state index contributed by atoms with van der Waals surface area (Å²) in [6, 6.07) is 16.1. The largest absolute Gasteiger partial charge is 0.497 e. The summed E-state index contributed by atoms with van der Waals surface area (Å²) in [5.74, 6) is 1.72. The molecule has 3 rings (SSSR count). The monoisotopic (exact) mass is 338 g/mol. The van der Waals surface area contributed by atoms with E-state index in [1.807, 2.05) is 30.3 Å². The van der Waals surface area contributed by atoms with Crippen LogP contribution in [0.25, 0.3) is 0 Å². The lowest BCUT2D eigenvalue weighted by Crippen LogP contribution is -2.08. The first-order valence-corrected chi connectivity index (χ1v) is 7.96. The smallest absolute Gasteiger partial charge is 0.229 e. The molecule has 0 fully saturated rings. The molecular formula is C19H19FN4O. The van der Waals surface area contributed by atoms with Crippen LogP contribution in [0.4, 0.5) is 21.8 Å². The molecule has 6 heteroatoms. The van der Waals surface area contributed by atoms with Gasteiger partial charge < -0.3 is 15.4 Å². The van der Waals surface area contributed by atoms with E-state index in [0.717, 1.165) is 11.4 Å². The number of methoxy groups -OCH3 is 1. The van der Waals surface area contributed by atoms with E-state index in [1.165, 1.54) is 6.07 Å². The molecule has 1 aromatic heterocycles. The molecule has 0 aliphatic carbocycles. The molecule has 0 unspecified atom stereocenters. The van der Waals surface area contributed by atoms with Gasteiger partial charge in [0.1, 0.15) is 17.4 Å². The summed E-state index contributed by atoms with van der Waals surface area (Å²) >= 11 is 0. The highest BCUT2D eigenvalue weighted by molar-refractivity contribution is 5.56. The summed E-state index contributed by atoms with van der Waals surface area (Å²) in [6.45, 7) is 0.580. The number of halogens is 1. The fourth-order valence-corrected chi connectivity index (χ4v) is 2.37. The van der Waals surface area contributed by atoms with Crippen LogP contribution in [0.2, 0.25) is 0 Å². The zero-order valence-corrected chi connectivity index (χ0v) is 13.9. The first-order chi connectivity index (χ1) is 12.2. The van der Waals surface area contributed by atoms with Crippen LogP contribution in [-0.2, 0) is 6.42 Å². The molecule has 5 nitrogen and oxygen atoms in total. The number of nitrogens with one attached hydrogen (secondary N) is 2. The molecule has 0 radical (unpaired) electrons. The van der Waals surface area contributed by atoms with E-state index in [4.69, 9.17) is 4.74 Å². The molecule has 3 aromatic rings. The molecule has 0 amide bonds. The second kappa shape index (κ2) is 8.10. The van der Waals surface area contributed by atoms with Crippen molar-refractivity contribution in [3.8, 4) is 5.75 Å². The maximum Gasteiger partial charge on any atom is 0.229 e. The maximum atomic E-state index is 13.6. The molecule has 0 aliphatic rings. The quantitative estimate of drug-likeness (QED) is 0.681. The SMILES string of the molecule is COc1cccc(Nc2nccc(NCCc3ccccc3F)n2)c1. The van der Waals surface area contributed by atoms with Gasteiger partial charge in [-0.1, -0.05) is 24.3 Å². The van der Waals surface area contributed by atoms with Gasteiger partial charge >= 0.3 is 0 Å². The molecule has 2 N–H and O–H groups in total. The van der Waals surface area contributed by atoms with E-state index in [0.29, 0.717) is 30.3 Å². The van der Waals surface area contributed by atoms with Crippen molar-refractivity contribution >= 4 is 17.5 Å². The molecule has 25 heavy (non-hydrogen) atoms. The first-order valence-electron chi connectivity index (χ1n) is 7.96. The summed E-state index contributed by atoms with van der Waals surface area (Å²) in [7, 11) is 1.62. The van der Waals surface area contributed by atoms with Gasteiger partial charge in [0.2, 0.25) is 5.95 Å². The first kappa shape index (κ1) is 16.7. The van der Waals surface area contributed by atoms with Crippen LogP contribution in [0.1, 0.15) is 5.56 Å². The highest BCUT2D eigenvalue weighted by Gasteiger charge is 2.03. The number of nitrogens with zero attached hydrogens (tertiary/aromatic N) is 2. The van der Waals surface area contributed by atoms with Gasteiger partial charge in [-0.15, -0.1) is 0 Å². The van der Waals surface area contributed by atoms with E-state index >= 15 is 0 Å². The lowest BCUT2D eigenvalue weighted by molar-refractivity contribution is 0.415. The predicted octanol–water partition coefficient (Wildman–Crippen LogP) is 4.02. The second-order valence-electron chi connectivity index (χ2n) is 5.39. The molecule has 0 saturated carbocycles. The minimum absolute atomic E-state index is 0.188. The molecule has 0 bridgehead atoms. The van der Waals surface area contributed by atoms with Crippen LogP contribution in [0.15, 0.2) is 60.8 Å². The molecule has 2 aromatic carbocycles. The summed E-state index contributed by atoms with van der Waals surface area (Å²) in [4.78, 5) is 8.62. The Morgan fingerprint density at radius 3 is 2.80 bits per heavy atom. The van der Waals surface area contributed by atoms with E-state index in [2.05, 4.69) is 20.6 Å². The van der Waals surface area contributed by atoms with Gasteiger partial charge in [-0.25, -0.2) is 9.37 Å². The Labute approximate surface area is 145 Å². The van der Waals surface area contributed by atoms with Crippen molar-refractivity contribution in [1.82, 2.24) is 9.97 Å². The third kappa shape index (κ3) is 4.67. The Morgan fingerprint density at radius 2 is 1.96 bits per heavy atom. The highest BCUT2D eigenvalue weighted by Crippen LogP contribution is 2.19. The van der Waals surface area contributed by atoms with Crippen LogP contribution in [0, 0.1) is 5.82 Å². The minimum atomic E-state index is -0.188. The standard InChI is InChI=1S/C19H19FN4O/c1-25-16-7-4-6-15(13-16)23-19-22-12-10-18(24-19)21-11-9-14-5-2-3-8-17(14)20/h2-8,10,12-13H,9,11H2,1H3,(H2,21,22,23,24). The molecule has 0 saturated heterocycles. The number of aromatic nitrogens is 2. The topological polar surface area (TPSA) is 59.1 Å². The van der Waals surface area contributed by atoms with E-state index in [-0.39, 0.29) is 5.82 Å². The summed E-state index contributed by atoms with van der Waals surface area (Å²) in [5.41, 5.74) is 1.52. The van der Waals surface area contributed by atoms with Crippen LogP contribution in [0.5, 0.6) is 5.75 Å². The third-order valence-corrected chi connectivity index (χ3v) is 3.64. The van der Waals surface area contributed by atoms with Crippen LogP contribution < -0.4 is 15.4 Å². The Balaban J connectivity index is 1.60. The van der Waals surface area contributed by atoms with Crippen molar-refractivity contribution in [2.75, 3.05) is 24.3 Å². The van der Waals surface area contributed by atoms with Crippen molar-refractivity contribution in [1.29, 1.82) is 0 Å². The molecule has 0 aliphatic heterocycles. The number of benzene rings is 2. The lowest BCUT2D eigenvalue weighted by Gasteiger charge is -2.09.